The SMILES string of the molecule is CC(C)(CO)CCCNC(=O)c1ccc(-c2ncon2)cc1. The Kier molecular flexibility index (Phi) is 5.27. The predicted octanol–water partition coefficient (Wildman–Crippen LogP) is 2.27. The van der Waals surface area contributed by atoms with Gasteiger partial charge in [-0.05, 0) is 30.4 Å². The molecule has 1 aromatic heterocycles. The fourth-order valence-electron chi connectivity index (χ4n) is 2.02. The average molecular weight is 303 g/mol. The lowest BCUT2D eigenvalue weighted by molar-refractivity contribution is 0.0948. The van der Waals surface area contributed by atoms with Crippen molar-refractivity contribution in [3.8, 4) is 11.4 Å². The molecule has 1 amide bonds. The molecule has 2 rings (SSSR count). The molecule has 6 nitrogen and oxygen atoms in total. The largest absolute Gasteiger partial charge is 0.396 e. The summed E-state index contributed by atoms with van der Waals surface area (Å²) in [5, 5.41) is 15.8. The second kappa shape index (κ2) is 7.17. The number of aliphatic hydroxyl groups is 1. The molecule has 0 spiro atoms. The van der Waals surface area contributed by atoms with Crippen LogP contribution in [-0.2, 0) is 0 Å². The molecule has 6 heteroatoms. The minimum Gasteiger partial charge on any atom is -0.396 e. The molecule has 0 radical (unpaired) electrons. The van der Waals surface area contributed by atoms with Gasteiger partial charge in [-0.1, -0.05) is 31.1 Å². The van der Waals surface area contributed by atoms with Crippen LogP contribution in [0.1, 0.15) is 37.0 Å². The van der Waals surface area contributed by atoms with Gasteiger partial charge < -0.3 is 14.9 Å². The molecule has 22 heavy (non-hydrogen) atoms. The number of aliphatic hydroxyl groups excluding tert-OH is 1. The van der Waals surface area contributed by atoms with Gasteiger partial charge in [-0.2, -0.15) is 4.98 Å². The molecule has 1 heterocycles. The van der Waals surface area contributed by atoms with Crippen molar-refractivity contribution in [3.05, 3.63) is 36.2 Å². The summed E-state index contributed by atoms with van der Waals surface area (Å²) in [4.78, 5) is 16.0. The zero-order chi connectivity index (χ0) is 16.0. The maximum absolute atomic E-state index is 12.0. The van der Waals surface area contributed by atoms with Gasteiger partial charge in [-0.15, -0.1) is 0 Å². The van der Waals surface area contributed by atoms with Gasteiger partial charge in [0.2, 0.25) is 12.2 Å². The van der Waals surface area contributed by atoms with Crippen LogP contribution >= 0.6 is 0 Å². The highest BCUT2D eigenvalue weighted by molar-refractivity contribution is 5.94. The fraction of sp³-hybridized carbons (Fsp3) is 0.438. The lowest BCUT2D eigenvalue weighted by Gasteiger charge is -2.21. The van der Waals surface area contributed by atoms with Crippen LogP contribution in [0, 0.1) is 5.41 Å². The van der Waals surface area contributed by atoms with Crippen LogP contribution in [0.4, 0.5) is 0 Å². The van der Waals surface area contributed by atoms with Crippen molar-refractivity contribution >= 4 is 5.91 Å². The average Bonchev–Trinajstić information content (AvgIpc) is 3.06. The minimum atomic E-state index is -0.110. The van der Waals surface area contributed by atoms with Crippen molar-refractivity contribution < 1.29 is 14.4 Å². The Morgan fingerprint density at radius 1 is 1.32 bits per heavy atom. The second-order valence-electron chi connectivity index (χ2n) is 6.01. The molecule has 0 saturated carbocycles. The van der Waals surface area contributed by atoms with Gasteiger partial charge in [0.15, 0.2) is 0 Å². The maximum atomic E-state index is 12.0. The summed E-state index contributed by atoms with van der Waals surface area (Å²) in [5.41, 5.74) is 1.29. The number of rotatable bonds is 7. The Hall–Kier alpha value is -2.21. The lowest BCUT2D eigenvalue weighted by atomic mass is 9.89. The van der Waals surface area contributed by atoms with Gasteiger partial charge in [0, 0.05) is 24.3 Å². The van der Waals surface area contributed by atoms with Crippen LogP contribution in [0.25, 0.3) is 11.4 Å². The van der Waals surface area contributed by atoms with Crippen LogP contribution in [-0.4, -0.2) is 34.3 Å². The van der Waals surface area contributed by atoms with E-state index in [0.29, 0.717) is 17.9 Å². The summed E-state index contributed by atoms with van der Waals surface area (Å²) in [6.07, 6.45) is 2.96. The Morgan fingerprint density at radius 2 is 2.05 bits per heavy atom. The summed E-state index contributed by atoms with van der Waals surface area (Å²) in [6.45, 7) is 4.75. The summed E-state index contributed by atoms with van der Waals surface area (Å²) < 4.78 is 4.69. The standard InChI is InChI=1S/C16H21N3O3/c1-16(2,10-20)8-3-9-17-15(21)13-6-4-12(5-7-13)14-18-11-22-19-14/h4-7,11,20H,3,8-10H2,1-2H3,(H,17,21). The lowest BCUT2D eigenvalue weighted by Crippen LogP contribution is -2.26. The van der Waals surface area contributed by atoms with Crippen LogP contribution in [0.15, 0.2) is 35.2 Å². The van der Waals surface area contributed by atoms with Crippen LogP contribution in [0.2, 0.25) is 0 Å². The number of benzene rings is 1. The molecule has 2 N–H and O–H groups in total. The third-order valence-corrected chi connectivity index (χ3v) is 3.51. The maximum Gasteiger partial charge on any atom is 0.251 e. The van der Waals surface area contributed by atoms with E-state index in [2.05, 4.69) is 15.5 Å². The summed E-state index contributed by atoms with van der Waals surface area (Å²) in [6, 6.07) is 7.04. The van der Waals surface area contributed by atoms with Crippen molar-refractivity contribution in [2.24, 2.45) is 5.41 Å². The van der Waals surface area contributed by atoms with E-state index in [1.54, 1.807) is 24.3 Å². The first-order valence-electron chi connectivity index (χ1n) is 7.28. The van der Waals surface area contributed by atoms with Crippen LogP contribution in [0.3, 0.4) is 0 Å². The Morgan fingerprint density at radius 3 is 2.64 bits per heavy atom. The van der Waals surface area contributed by atoms with Crippen molar-refractivity contribution in [1.29, 1.82) is 0 Å². The highest BCUT2D eigenvalue weighted by atomic mass is 16.5. The predicted molar refractivity (Wildman–Crippen MR) is 82.2 cm³/mol. The molecule has 2 aromatic rings. The van der Waals surface area contributed by atoms with Gasteiger partial charge >= 0.3 is 0 Å². The molecule has 0 unspecified atom stereocenters. The Labute approximate surface area is 129 Å². The topological polar surface area (TPSA) is 88.2 Å². The van der Waals surface area contributed by atoms with Gasteiger partial charge in [0.1, 0.15) is 0 Å². The minimum absolute atomic E-state index is 0.100. The number of nitrogens with one attached hydrogen (secondary N) is 1. The van der Waals surface area contributed by atoms with Gasteiger partial charge in [0.25, 0.3) is 5.91 Å². The summed E-state index contributed by atoms with van der Waals surface area (Å²) in [7, 11) is 0. The highest BCUT2D eigenvalue weighted by Gasteiger charge is 2.15. The van der Waals surface area contributed by atoms with Crippen molar-refractivity contribution in [2.45, 2.75) is 26.7 Å². The van der Waals surface area contributed by atoms with Crippen molar-refractivity contribution in [2.75, 3.05) is 13.2 Å². The number of carbonyl (C=O) groups is 1. The number of hydrogen-bond acceptors (Lipinski definition) is 5. The van der Waals surface area contributed by atoms with E-state index in [1.807, 2.05) is 13.8 Å². The molecule has 0 saturated heterocycles. The first kappa shape index (κ1) is 16.2. The number of amides is 1. The van der Waals surface area contributed by atoms with E-state index < -0.39 is 0 Å². The molecule has 0 aliphatic rings. The van der Waals surface area contributed by atoms with Gasteiger partial charge in [-0.3, -0.25) is 4.79 Å². The second-order valence-corrected chi connectivity index (χ2v) is 6.01. The summed E-state index contributed by atoms with van der Waals surface area (Å²) in [5.74, 6) is 0.389. The molecule has 1 aromatic carbocycles. The van der Waals surface area contributed by atoms with Crippen molar-refractivity contribution in [3.63, 3.8) is 0 Å². The number of aromatic nitrogens is 2. The van der Waals surface area contributed by atoms with E-state index >= 15 is 0 Å². The monoisotopic (exact) mass is 303 g/mol. The highest BCUT2D eigenvalue weighted by Crippen LogP contribution is 2.20. The molecule has 0 fully saturated rings. The zero-order valence-electron chi connectivity index (χ0n) is 12.9. The van der Waals surface area contributed by atoms with Gasteiger partial charge in [0.05, 0.1) is 0 Å². The van der Waals surface area contributed by atoms with Crippen molar-refractivity contribution in [1.82, 2.24) is 15.5 Å². The first-order chi connectivity index (χ1) is 10.5. The smallest absolute Gasteiger partial charge is 0.251 e. The zero-order valence-corrected chi connectivity index (χ0v) is 12.9. The molecule has 0 aliphatic carbocycles. The molecular weight excluding hydrogens is 282 g/mol. The third-order valence-electron chi connectivity index (χ3n) is 3.51. The number of hydrogen-bond donors (Lipinski definition) is 2. The third kappa shape index (κ3) is 4.39. The Balaban J connectivity index is 1.83. The number of nitrogens with zero attached hydrogens (tertiary/aromatic N) is 2. The molecule has 118 valence electrons. The van der Waals surface area contributed by atoms with E-state index in [0.717, 1.165) is 18.4 Å². The van der Waals surface area contributed by atoms with E-state index in [4.69, 9.17) is 4.52 Å². The quantitative estimate of drug-likeness (QED) is 0.766. The van der Waals surface area contributed by atoms with E-state index in [9.17, 15) is 9.90 Å². The molecular formula is C16H21N3O3. The van der Waals surface area contributed by atoms with Crippen LogP contribution in [0.5, 0.6) is 0 Å². The first-order valence-corrected chi connectivity index (χ1v) is 7.28. The molecule has 0 atom stereocenters. The fourth-order valence-corrected chi connectivity index (χ4v) is 2.02. The Bertz CT molecular complexity index is 592. The molecule has 0 bridgehead atoms. The summed E-state index contributed by atoms with van der Waals surface area (Å²) >= 11 is 0. The van der Waals surface area contributed by atoms with E-state index in [-0.39, 0.29) is 17.9 Å². The van der Waals surface area contributed by atoms with Gasteiger partial charge in [-0.25, -0.2) is 0 Å². The van der Waals surface area contributed by atoms with E-state index in [1.165, 1.54) is 6.39 Å². The normalized spacial score (nSPS) is 11.4. The van der Waals surface area contributed by atoms with Crippen LogP contribution < -0.4 is 5.32 Å². The molecule has 0 aliphatic heterocycles. The number of carbonyl (C=O) groups excluding carboxylic acids is 1.